The molecule has 0 atom stereocenters. The smallest absolute Gasteiger partial charge is 0.211 e. The van der Waals surface area contributed by atoms with Crippen molar-refractivity contribution < 1.29 is 24.1 Å². The highest BCUT2D eigenvalue weighted by Gasteiger charge is 2.20. The number of ketones is 1. The molecule has 29 heavy (non-hydrogen) atoms. The van der Waals surface area contributed by atoms with Gasteiger partial charge >= 0.3 is 0 Å². The molecule has 8 nitrogen and oxygen atoms in total. The molecule has 0 saturated carbocycles. The number of hydrogen-bond acceptors (Lipinski definition) is 6. The molecule has 0 bridgehead atoms. The third kappa shape index (κ3) is 3.14. The highest BCUT2D eigenvalue weighted by molar-refractivity contribution is 6.09. The number of ether oxygens (including phenoxy) is 3. The van der Waals surface area contributed by atoms with E-state index in [1.807, 2.05) is 0 Å². The van der Waals surface area contributed by atoms with E-state index in [9.17, 15) is 9.90 Å². The van der Waals surface area contributed by atoms with E-state index < -0.39 is 0 Å². The number of nitrogens with one attached hydrogen (secondary N) is 2. The summed E-state index contributed by atoms with van der Waals surface area (Å²) >= 11 is 0. The molecule has 2 aromatic heterocycles. The average Bonchev–Trinajstić information content (AvgIpc) is 3.38. The van der Waals surface area contributed by atoms with E-state index in [-0.39, 0.29) is 11.5 Å². The molecule has 0 radical (unpaired) electrons. The second-order valence-corrected chi connectivity index (χ2v) is 6.32. The van der Waals surface area contributed by atoms with Gasteiger partial charge in [-0.3, -0.25) is 4.79 Å². The van der Waals surface area contributed by atoms with E-state index in [0.29, 0.717) is 34.3 Å². The zero-order valence-electron chi connectivity index (χ0n) is 16.1. The predicted octanol–water partition coefficient (Wildman–Crippen LogP) is 3.52. The quantitative estimate of drug-likeness (QED) is 0.433. The molecule has 3 N–H and O–H groups in total. The lowest BCUT2D eigenvalue weighted by molar-refractivity contribution is 0.103. The van der Waals surface area contributed by atoms with Crippen LogP contribution in [-0.2, 0) is 0 Å². The largest absolute Gasteiger partial charge is 0.508 e. The van der Waals surface area contributed by atoms with Crippen LogP contribution in [0.4, 0.5) is 0 Å². The molecule has 0 aliphatic rings. The first-order chi connectivity index (χ1) is 14.0. The minimum atomic E-state index is -0.273. The maximum atomic E-state index is 13.0. The monoisotopic (exact) mass is 393 g/mol. The van der Waals surface area contributed by atoms with Crippen LogP contribution in [0.2, 0.25) is 0 Å². The number of aromatic amines is 2. The Morgan fingerprint density at radius 2 is 1.76 bits per heavy atom. The molecule has 4 aromatic rings. The predicted molar refractivity (Wildman–Crippen MR) is 107 cm³/mol. The molecule has 4 rings (SSSR count). The molecule has 8 heteroatoms. The van der Waals surface area contributed by atoms with E-state index in [1.165, 1.54) is 27.5 Å². The van der Waals surface area contributed by atoms with E-state index in [1.54, 1.807) is 36.5 Å². The Morgan fingerprint density at radius 3 is 2.41 bits per heavy atom. The number of phenols is 1. The van der Waals surface area contributed by atoms with E-state index in [2.05, 4.69) is 15.0 Å². The highest BCUT2D eigenvalue weighted by atomic mass is 16.5. The van der Waals surface area contributed by atoms with Crippen molar-refractivity contribution in [2.75, 3.05) is 21.3 Å². The number of imidazole rings is 1. The van der Waals surface area contributed by atoms with Gasteiger partial charge in [-0.15, -0.1) is 0 Å². The topological polar surface area (TPSA) is 109 Å². The average molecular weight is 393 g/mol. The summed E-state index contributed by atoms with van der Waals surface area (Å²) in [6.07, 6.45) is 3.25. The van der Waals surface area contributed by atoms with Gasteiger partial charge in [-0.25, -0.2) is 4.98 Å². The molecule has 0 aliphatic carbocycles. The fraction of sp³-hybridized carbons (Fsp3) is 0.143. The Morgan fingerprint density at radius 1 is 1.03 bits per heavy atom. The second-order valence-electron chi connectivity index (χ2n) is 6.32. The van der Waals surface area contributed by atoms with Crippen LogP contribution in [0.3, 0.4) is 0 Å². The first-order valence-corrected chi connectivity index (χ1v) is 8.76. The Hall–Kier alpha value is -3.94. The van der Waals surface area contributed by atoms with Crippen molar-refractivity contribution in [3.63, 3.8) is 0 Å². The van der Waals surface area contributed by atoms with E-state index in [4.69, 9.17) is 14.2 Å². The zero-order valence-corrected chi connectivity index (χ0v) is 16.1. The number of benzene rings is 2. The van der Waals surface area contributed by atoms with E-state index in [0.717, 1.165) is 16.5 Å². The van der Waals surface area contributed by atoms with E-state index >= 15 is 0 Å². The van der Waals surface area contributed by atoms with Gasteiger partial charge in [0.1, 0.15) is 17.3 Å². The van der Waals surface area contributed by atoms with Crippen LogP contribution in [0.5, 0.6) is 23.0 Å². The van der Waals surface area contributed by atoms with Crippen molar-refractivity contribution in [1.82, 2.24) is 15.0 Å². The number of nitrogens with zero attached hydrogens (tertiary/aromatic N) is 1. The molecule has 2 aromatic carbocycles. The molecule has 148 valence electrons. The number of H-pyrrole nitrogens is 2. The summed E-state index contributed by atoms with van der Waals surface area (Å²) in [6.45, 7) is 0. The van der Waals surface area contributed by atoms with Gasteiger partial charge < -0.3 is 29.3 Å². The lowest BCUT2D eigenvalue weighted by atomic mass is 10.1. The number of rotatable bonds is 6. The van der Waals surface area contributed by atoms with Crippen molar-refractivity contribution in [2.45, 2.75) is 0 Å². The summed E-state index contributed by atoms with van der Waals surface area (Å²) < 4.78 is 15.9. The lowest BCUT2D eigenvalue weighted by Gasteiger charge is -2.13. The molecular weight excluding hydrogens is 374 g/mol. The van der Waals surface area contributed by atoms with Gasteiger partial charge in [-0.05, 0) is 30.3 Å². The number of carbonyl (C=O) groups is 1. The summed E-state index contributed by atoms with van der Waals surface area (Å²) in [5, 5.41) is 10.6. The zero-order chi connectivity index (χ0) is 20.5. The van der Waals surface area contributed by atoms with Crippen LogP contribution in [0, 0.1) is 0 Å². The maximum absolute atomic E-state index is 13.0. The van der Waals surface area contributed by atoms with Crippen LogP contribution in [0.25, 0.3) is 22.3 Å². The van der Waals surface area contributed by atoms with Crippen LogP contribution in [0.15, 0.2) is 42.7 Å². The molecule has 0 aliphatic heterocycles. The number of carbonyl (C=O) groups excluding carboxylic acids is 1. The Bertz CT molecular complexity index is 1180. The number of aromatic hydroxyl groups is 1. The lowest BCUT2D eigenvalue weighted by Crippen LogP contribution is -2.04. The Balaban J connectivity index is 1.73. The van der Waals surface area contributed by atoms with Crippen molar-refractivity contribution in [2.24, 2.45) is 0 Å². The second kappa shape index (κ2) is 7.23. The van der Waals surface area contributed by atoms with Crippen LogP contribution in [-0.4, -0.2) is 47.2 Å². The van der Waals surface area contributed by atoms with Gasteiger partial charge in [0, 0.05) is 28.2 Å². The third-order valence-corrected chi connectivity index (χ3v) is 4.67. The summed E-state index contributed by atoms with van der Waals surface area (Å²) in [4.78, 5) is 23.5. The molecular formula is C21H19N3O5. The molecule has 0 fully saturated rings. The molecule has 0 saturated heterocycles. The normalized spacial score (nSPS) is 10.9. The first-order valence-electron chi connectivity index (χ1n) is 8.76. The van der Waals surface area contributed by atoms with Gasteiger partial charge in [0.25, 0.3) is 0 Å². The van der Waals surface area contributed by atoms with Crippen LogP contribution in [0.1, 0.15) is 16.1 Å². The number of methoxy groups -OCH3 is 3. The van der Waals surface area contributed by atoms with Gasteiger partial charge in [-0.2, -0.15) is 0 Å². The van der Waals surface area contributed by atoms with Gasteiger partial charge in [0.15, 0.2) is 11.5 Å². The molecule has 2 heterocycles. The fourth-order valence-corrected chi connectivity index (χ4v) is 3.25. The highest BCUT2D eigenvalue weighted by Crippen LogP contribution is 2.38. The minimum Gasteiger partial charge on any atom is -0.508 e. The fourth-order valence-electron chi connectivity index (χ4n) is 3.25. The summed E-state index contributed by atoms with van der Waals surface area (Å²) in [5.74, 6) is 1.58. The van der Waals surface area contributed by atoms with Gasteiger partial charge in [0.2, 0.25) is 11.5 Å². The third-order valence-electron chi connectivity index (χ3n) is 4.67. The summed E-state index contributed by atoms with van der Waals surface area (Å²) in [5.41, 5.74) is 2.28. The minimum absolute atomic E-state index is 0.152. The van der Waals surface area contributed by atoms with Gasteiger partial charge in [0.05, 0.1) is 27.5 Å². The Labute approximate surface area is 166 Å². The molecule has 0 unspecified atom stereocenters. The number of phenolic OH excluding ortho intramolecular Hbond substituents is 1. The van der Waals surface area contributed by atoms with Crippen molar-refractivity contribution in [3.05, 3.63) is 54.0 Å². The van der Waals surface area contributed by atoms with Crippen LogP contribution < -0.4 is 14.2 Å². The number of hydrogen-bond donors (Lipinski definition) is 3. The number of aromatic nitrogens is 3. The summed E-state index contributed by atoms with van der Waals surface area (Å²) in [7, 11) is 4.49. The Kier molecular flexibility index (Phi) is 4.59. The molecule has 0 spiro atoms. The van der Waals surface area contributed by atoms with Crippen molar-refractivity contribution in [3.8, 4) is 34.4 Å². The van der Waals surface area contributed by atoms with Gasteiger partial charge in [-0.1, -0.05) is 0 Å². The van der Waals surface area contributed by atoms with Crippen molar-refractivity contribution in [1.29, 1.82) is 0 Å². The SMILES string of the molecule is COc1cc(C(=O)c2cnc(-c3c[nH]c4ccc(O)cc34)[nH]2)cc(OC)c1OC. The molecule has 0 amide bonds. The summed E-state index contributed by atoms with van der Waals surface area (Å²) in [6, 6.07) is 8.20. The number of fused-ring (bicyclic) bond motifs is 1. The van der Waals surface area contributed by atoms with Crippen molar-refractivity contribution >= 4 is 16.7 Å². The first kappa shape index (κ1) is 18.4. The maximum Gasteiger partial charge on any atom is 0.211 e. The standard InChI is InChI=1S/C21H19N3O5/c1-27-17-6-11(7-18(28-2)20(17)29-3)19(26)16-10-23-21(24-16)14-9-22-15-5-4-12(25)8-13(14)15/h4-10,22,25H,1-3H3,(H,23,24). The van der Waals surface area contributed by atoms with Crippen LogP contribution >= 0.6 is 0 Å².